The van der Waals surface area contributed by atoms with E-state index in [1.165, 1.54) is 7.11 Å². The zero-order valence-electron chi connectivity index (χ0n) is 9.88. The number of hydrogen-bond acceptors (Lipinski definition) is 5. The van der Waals surface area contributed by atoms with Gasteiger partial charge >= 0.3 is 5.97 Å². The van der Waals surface area contributed by atoms with Gasteiger partial charge in [0.2, 0.25) is 0 Å². The summed E-state index contributed by atoms with van der Waals surface area (Å²) in [6, 6.07) is 6.55. The number of aliphatic hydroxyl groups excluding tert-OH is 2. The van der Waals surface area contributed by atoms with E-state index in [1.807, 2.05) is 0 Å². The molecule has 0 heterocycles. The Balaban J connectivity index is 2.82. The number of esters is 1. The second-order valence-electron chi connectivity index (χ2n) is 3.57. The molecule has 0 fully saturated rings. The van der Waals surface area contributed by atoms with Crippen LogP contribution in [0.3, 0.4) is 0 Å². The van der Waals surface area contributed by atoms with Crippen LogP contribution in [0.1, 0.15) is 11.7 Å². The SMILES string of the molecule is COC(=O)COc1ccccc1C(O)C(O)CCl. The van der Waals surface area contributed by atoms with Gasteiger partial charge in [0.15, 0.2) is 6.61 Å². The summed E-state index contributed by atoms with van der Waals surface area (Å²) in [5.41, 5.74) is 0.370. The highest BCUT2D eigenvalue weighted by Crippen LogP contribution is 2.27. The van der Waals surface area contributed by atoms with E-state index in [0.29, 0.717) is 11.3 Å². The molecule has 0 amide bonds. The first-order valence-corrected chi connectivity index (χ1v) is 5.84. The Morgan fingerprint density at radius 2 is 2.06 bits per heavy atom. The number of benzene rings is 1. The van der Waals surface area contributed by atoms with E-state index in [4.69, 9.17) is 16.3 Å². The third-order valence-electron chi connectivity index (χ3n) is 2.33. The highest BCUT2D eigenvalue weighted by atomic mass is 35.5. The average molecular weight is 275 g/mol. The summed E-state index contributed by atoms with van der Waals surface area (Å²) in [4.78, 5) is 11.0. The molecule has 1 aromatic carbocycles. The van der Waals surface area contributed by atoms with Crippen LogP contribution in [0.25, 0.3) is 0 Å². The van der Waals surface area contributed by atoms with E-state index in [9.17, 15) is 15.0 Å². The van der Waals surface area contributed by atoms with Crippen molar-refractivity contribution in [1.82, 2.24) is 0 Å². The van der Waals surface area contributed by atoms with Crippen LogP contribution in [0, 0.1) is 0 Å². The number of ether oxygens (including phenoxy) is 2. The first-order valence-electron chi connectivity index (χ1n) is 5.30. The van der Waals surface area contributed by atoms with E-state index in [1.54, 1.807) is 24.3 Å². The van der Waals surface area contributed by atoms with Crippen molar-refractivity contribution >= 4 is 17.6 Å². The van der Waals surface area contributed by atoms with Crippen LogP contribution < -0.4 is 4.74 Å². The molecule has 2 N–H and O–H groups in total. The number of hydrogen-bond donors (Lipinski definition) is 2. The fourth-order valence-corrected chi connectivity index (χ4v) is 1.51. The zero-order chi connectivity index (χ0) is 13.5. The van der Waals surface area contributed by atoms with Crippen molar-refractivity contribution in [2.24, 2.45) is 0 Å². The minimum Gasteiger partial charge on any atom is -0.482 e. The molecule has 5 nitrogen and oxygen atoms in total. The van der Waals surface area contributed by atoms with E-state index in [-0.39, 0.29) is 12.5 Å². The summed E-state index contributed by atoms with van der Waals surface area (Å²) < 4.78 is 9.66. The Kier molecular flexibility index (Phi) is 5.91. The highest BCUT2D eigenvalue weighted by Gasteiger charge is 2.21. The van der Waals surface area contributed by atoms with Crippen molar-refractivity contribution in [2.75, 3.05) is 19.6 Å². The minimum absolute atomic E-state index is 0.105. The average Bonchev–Trinajstić information content (AvgIpc) is 2.43. The molecule has 1 rings (SSSR count). The molecule has 0 saturated carbocycles. The second kappa shape index (κ2) is 7.20. The molecule has 0 aromatic heterocycles. The van der Waals surface area contributed by atoms with Gasteiger partial charge in [0.25, 0.3) is 0 Å². The van der Waals surface area contributed by atoms with Crippen molar-refractivity contribution in [3.63, 3.8) is 0 Å². The molecular formula is C12H15ClO5. The van der Waals surface area contributed by atoms with Crippen LogP contribution in [0.2, 0.25) is 0 Å². The van der Waals surface area contributed by atoms with E-state index in [2.05, 4.69) is 4.74 Å². The van der Waals surface area contributed by atoms with Crippen molar-refractivity contribution < 1.29 is 24.5 Å². The van der Waals surface area contributed by atoms with Gasteiger partial charge in [-0.25, -0.2) is 4.79 Å². The molecule has 2 unspecified atom stereocenters. The smallest absolute Gasteiger partial charge is 0.343 e. The second-order valence-corrected chi connectivity index (χ2v) is 3.88. The molecule has 0 bridgehead atoms. The predicted octanol–water partition coefficient (Wildman–Crippen LogP) is 0.871. The number of carbonyl (C=O) groups excluding carboxylic acids is 1. The molecule has 0 aliphatic carbocycles. The fraction of sp³-hybridized carbons (Fsp3) is 0.417. The van der Waals surface area contributed by atoms with Crippen LogP contribution >= 0.6 is 11.6 Å². The van der Waals surface area contributed by atoms with Crippen molar-refractivity contribution in [1.29, 1.82) is 0 Å². The number of methoxy groups -OCH3 is 1. The Bertz CT molecular complexity index is 396. The lowest BCUT2D eigenvalue weighted by Crippen LogP contribution is -2.21. The zero-order valence-corrected chi connectivity index (χ0v) is 10.6. The summed E-state index contributed by atoms with van der Waals surface area (Å²) >= 11 is 5.47. The molecule has 0 aliphatic heterocycles. The Labute approximate surface area is 110 Å². The maximum Gasteiger partial charge on any atom is 0.343 e. The number of rotatable bonds is 6. The van der Waals surface area contributed by atoms with Crippen LogP contribution in [0.15, 0.2) is 24.3 Å². The molecule has 2 atom stereocenters. The normalized spacial score (nSPS) is 13.8. The number of aliphatic hydroxyl groups is 2. The van der Waals surface area contributed by atoms with Crippen LogP contribution in [0.4, 0.5) is 0 Å². The first-order chi connectivity index (χ1) is 8.60. The summed E-state index contributed by atoms with van der Waals surface area (Å²) in [5, 5.41) is 19.4. The Hall–Kier alpha value is -1.30. The summed E-state index contributed by atoms with van der Waals surface area (Å²) in [5.74, 6) is -0.330. The van der Waals surface area contributed by atoms with Gasteiger partial charge in [-0.15, -0.1) is 11.6 Å². The topological polar surface area (TPSA) is 76.0 Å². The van der Waals surface area contributed by atoms with E-state index in [0.717, 1.165) is 0 Å². The molecule has 100 valence electrons. The van der Waals surface area contributed by atoms with Crippen molar-refractivity contribution in [2.45, 2.75) is 12.2 Å². The maximum absolute atomic E-state index is 11.0. The van der Waals surface area contributed by atoms with Gasteiger partial charge in [0.05, 0.1) is 19.1 Å². The van der Waals surface area contributed by atoms with Crippen molar-refractivity contribution in [3.05, 3.63) is 29.8 Å². The standard InChI is InChI=1S/C12H15ClO5/c1-17-11(15)7-18-10-5-3-2-4-8(10)12(16)9(14)6-13/h2-5,9,12,14,16H,6-7H2,1H3. The molecular weight excluding hydrogens is 260 g/mol. The first kappa shape index (κ1) is 14.8. The summed E-state index contributed by atoms with van der Waals surface area (Å²) in [7, 11) is 1.25. The number of halogens is 1. The molecule has 1 aromatic rings. The Morgan fingerprint density at radius 1 is 1.39 bits per heavy atom. The number of para-hydroxylation sites is 1. The largest absolute Gasteiger partial charge is 0.482 e. The van der Waals surface area contributed by atoms with Crippen LogP contribution in [-0.2, 0) is 9.53 Å². The lowest BCUT2D eigenvalue weighted by atomic mass is 10.0. The minimum atomic E-state index is -1.17. The summed E-state index contributed by atoms with van der Waals surface area (Å²) in [6.45, 7) is -0.267. The van der Waals surface area contributed by atoms with Gasteiger partial charge in [0, 0.05) is 5.56 Å². The molecule has 0 saturated heterocycles. The third-order valence-corrected chi connectivity index (χ3v) is 2.65. The van der Waals surface area contributed by atoms with Crippen molar-refractivity contribution in [3.8, 4) is 5.75 Å². The van der Waals surface area contributed by atoms with Crippen LogP contribution in [0.5, 0.6) is 5.75 Å². The lowest BCUT2D eigenvalue weighted by molar-refractivity contribution is -0.142. The lowest BCUT2D eigenvalue weighted by Gasteiger charge is -2.18. The van der Waals surface area contributed by atoms with Gasteiger partial charge < -0.3 is 19.7 Å². The van der Waals surface area contributed by atoms with Crippen LogP contribution in [-0.4, -0.2) is 41.9 Å². The van der Waals surface area contributed by atoms with Gasteiger partial charge in [-0.3, -0.25) is 0 Å². The molecule has 0 radical (unpaired) electrons. The molecule has 18 heavy (non-hydrogen) atoms. The van der Waals surface area contributed by atoms with E-state index >= 15 is 0 Å². The predicted molar refractivity (Wildman–Crippen MR) is 65.6 cm³/mol. The molecule has 6 heteroatoms. The number of carbonyl (C=O) groups is 1. The summed E-state index contributed by atoms with van der Waals surface area (Å²) in [6.07, 6.45) is -2.27. The monoisotopic (exact) mass is 274 g/mol. The Morgan fingerprint density at radius 3 is 2.67 bits per heavy atom. The molecule has 0 spiro atoms. The van der Waals surface area contributed by atoms with Gasteiger partial charge in [-0.1, -0.05) is 18.2 Å². The highest BCUT2D eigenvalue weighted by molar-refractivity contribution is 6.18. The maximum atomic E-state index is 11.0. The number of alkyl halides is 1. The van der Waals surface area contributed by atoms with Gasteiger partial charge in [0.1, 0.15) is 11.9 Å². The molecule has 0 aliphatic rings. The quantitative estimate of drug-likeness (QED) is 0.595. The van der Waals surface area contributed by atoms with E-state index < -0.39 is 18.2 Å². The van der Waals surface area contributed by atoms with Gasteiger partial charge in [-0.2, -0.15) is 0 Å². The third kappa shape index (κ3) is 3.87. The fourth-order valence-electron chi connectivity index (χ4n) is 1.34. The van der Waals surface area contributed by atoms with Gasteiger partial charge in [-0.05, 0) is 6.07 Å².